The molecule has 0 saturated carbocycles. The predicted octanol–water partition coefficient (Wildman–Crippen LogP) is 3.78. The van der Waals surface area contributed by atoms with Crippen LogP contribution >= 0.6 is 0 Å². The quantitative estimate of drug-likeness (QED) is 0.834. The Morgan fingerprint density at radius 1 is 0.960 bits per heavy atom. The standard InChI is InChI=1S/C20H21N3O2/c1-13-5-6-14(2)17(11-13)23-19(25)20(3,4)18(24)22-16-9-7-15(12-21)8-10-16/h5-11H,1-4H3,(H,22,24)(H,23,25). The molecule has 0 atom stereocenters. The Bertz CT molecular complexity index is 846. The number of hydrogen-bond acceptors (Lipinski definition) is 3. The molecule has 2 aromatic carbocycles. The second kappa shape index (κ2) is 7.18. The molecule has 0 fully saturated rings. The van der Waals surface area contributed by atoms with E-state index in [2.05, 4.69) is 10.6 Å². The van der Waals surface area contributed by atoms with Gasteiger partial charge in [-0.1, -0.05) is 12.1 Å². The predicted molar refractivity (Wildman–Crippen MR) is 98.1 cm³/mol. The van der Waals surface area contributed by atoms with Gasteiger partial charge < -0.3 is 10.6 Å². The van der Waals surface area contributed by atoms with Crippen molar-refractivity contribution >= 4 is 23.2 Å². The summed E-state index contributed by atoms with van der Waals surface area (Å²) in [5.74, 6) is -0.799. The van der Waals surface area contributed by atoms with Crippen molar-refractivity contribution in [1.29, 1.82) is 5.26 Å². The summed E-state index contributed by atoms with van der Waals surface area (Å²) in [5.41, 5.74) is 2.44. The number of nitrogens with zero attached hydrogens (tertiary/aromatic N) is 1. The molecular weight excluding hydrogens is 314 g/mol. The second-order valence-corrected chi connectivity index (χ2v) is 6.54. The number of aryl methyl sites for hydroxylation is 2. The maximum atomic E-state index is 12.6. The van der Waals surface area contributed by atoms with Gasteiger partial charge in [0.25, 0.3) is 0 Å². The van der Waals surface area contributed by atoms with Gasteiger partial charge in [-0.2, -0.15) is 5.26 Å². The van der Waals surface area contributed by atoms with Gasteiger partial charge in [-0.05, 0) is 69.2 Å². The summed E-state index contributed by atoms with van der Waals surface area (Å²) in [4.78, 5) is 25.2. The van der Waals surface area contributed by atoms with Crippen LogP contribution in [0.4, 0.5) is 11.4 Å². The highest BCUT2D eigenvalue weighted by molar-refractivity contribution is 6.14. The Kier molecular flexibility index (Phi) is 5.23. The fourth-order valence-corrected chi connectivity index (χ4v) is 2.17. The van der Waals surface area contributed by atoms with Crippen LogP contribution in [0, 0.1) is 30.6 Å². The smallest absolute Gasteiger partial charge is 0.239 e. The first kappa shape index (κ1) is 18.2. The molecule has 0 aliphatic rings. The van der Waals surface area contributed by atoms with E-state index in [0.717, 1.165) is 11.1 Å². The Balaban J connectivity index is 2.12. The molecule has 5 nitrogen and oxygen atoms in total. The minimum atomic E-state index is -1.26. The van der Waals surface area contributed by atoms with E-state index in [1.807, 2.05) is 38.1 Å². The Morgan fingerprint density at radius 2 is 1.56 bits per heavy atom. The number of rotatable bonds is 4. The van der Waals surface area contributed by atoms with Crippen molar-refractivity contribution in [1.82, 2.24) is 0 Å². The molecular formula is C20H21N3O2. The van der Waals surface area contributed by atoms with Gasteiger partial charge in [0.15, 0.2) is 0 Å². The summed E-state index contributed by atoms with van der Waals surface area (Å²) in [6, 6.07) is 14.3. The van der Waals surface area contributed by atoms with Crippen molar-refractivity contribution in [2.45, 2.75) is 27.7 Å². The molecule has 0 aliphatic carbocycles. The van der Waals surface area contributed by atoms with Crippen LogP contribution in [0.2, 0.25) is 0 Å². The highest BCUT2D eigenvalue weighted by Gasteiger charge is 2.36. The van der Waals surface area contributed by atoms with Gasteiger partial charge in [-0.25, -0.2) is 0 Å². The number of amides is 2. The zero-order valence-electron chi connectivity index (χ0n) is 14.8. The minimum Gasteiger partial charge on any atom is -0.325 e. The van der Waals surface area contributed by atoms with E-state index in [1.54, 1.807) is 38.1 Å². The van der Waals surface area contributed by atoms with E-state index in [-0.39, 0.29) is 5.91 Å². The maximum absolute atomic E-state index is 12.6. The number of benzene rings is 2. The highest BCUT2D eigenvalue weighted by atomic mass is 16.2. The van der Waals surface area contributed by atoms with Crippen molar-refractivity contribution in [2.24, 2.45) is 5.41 Å². The summed E-state index contributed by atoms with van der Waals surface area (Å²) < 4.78 is 0. The van der Waals surface area contributed by atoms with Gasteiger partial charge >= 0.3 is 0 Å². The van der Waals surface area contributed by atoms with E-state index in [9.17, 15) is 9.59 Å². The molecule has 0 unspecified atom stereocenters. The highest BCUT2D eigenvalue weighted by Crippen LogP contribution is 2.24. The lowest BCUT2D eigenvalue weighted by molar-refractivity contribution is -0.135. The Labute approximate surface area is 147 Å². The van der Waals surface area contributed by atoms with Crippen molar-refractivity contribution in [2.75, 3.05) is 10.6 Å². The number of anilines is 2. The van der Waals surface area contributed by atoms with Crippen molar-refractivity contribution < 1.29 is 9.59 Å². The molecule has 0 aromatic heterocycles. The molecule has 0 radical (unpaired) electrons. The molecule has 0 spiro atoms. The van der Waals surface area contributed by atoms with E-state index >= 15 is 0 Å². The van der Waals surface area contributed by atoms with Gasteiger partial charge in [0.05, 0.1) is 11.6 Å². The third-order valence-electron chi connectivity index (χ3n) is 4.05. The number of carbonyl (C=O) groups is 2. The van der Waals surface area contributed by atoms with Crippen molar-refractivity contribution in [3.8, 4) is 6.07 Å². The van der Waals surface area contributed by atoms with Crippen LogP contribution in [0.3, 0.4) is 0 Å². The van der Waals surface area contributed by atoms with Crippen LogP contribution in [0.25, 0.3) is 0 Å². The van der Waals surface area contributed by atoms with Crippen LogP contribution < -0.4 is 10.6 Å². The van der Waals surface area contributed by atoms with Crippen molar-refractivity contribution in [3.63, 3.8) is 0 Å². The summed E-state index contributed by atoms with van der Waals surface area (Å²) in [6.07, 6.45) is 0. The molecule has 0 saturated heterocycles. The normalized spacial score (nSPS) is 10.7. The molecule has 2 aromatic rings. The Hall–Kier alpha value is -3.13. The molecule has 0 bridgehead atoms. The van der Waals surface area contributed by atoms with Gasteiger partial charge in [0.2, 0.25) is 11.8 Å². The lowest BCUT2D eigenvalue weighted by Crippen LogP contribution is -2.41. The number of nitrogens with one attached hydrogen (secondary N) is 2. The van der Waals surface area contributed by atoms with Gasteiger partial charge in [-0.3, -0.25) is 9.59 Å². The van der Waals surface area contributed by atoms with Crippen LogP contribution in [0.1, 0.15) is 30.5 Å². The summed E-state index contributed by atoms with van der Waals surface area (Å²) >= 11 is 0. The monoisotopic (exact) mass is 335 g/mol. The largest absolute Gasteiger partial charge is 0.325 e. The molecule has 2 rings (SSSR count). The van der Waals surface area contributed by atoms with Crippen LogP contribution in [0.5, 0.6) is 0 Å². The first-order chi connectivity index (χ1) is 11.7. The Morgan fingerprint density at radius 3 is 2.16 bits per heavy atom. The van der Waals surface area contributed by atoms with E-state index in [4.69, 9.17) is 5.26 Å². The van der Waals surface area contributed by atoms with Crippen molar-refractivity contribution in [3.05, 3.63) is 59.2 Å². The SMILES string of the molecule is Cc1ccc(C)c(NC(=O)C(C)(C)C(=O)Nc2ccc(C#N)cc2)c1. The van der Waals surface area contributed by atoms with E-state index in [1.165, 1.54) is 0 Å². The molecule has 128 valence electrons. The number of hydrogen-bond donors (Lipinski definition) is 2. The first-order valence-corrected chi connectivity index (χ1v) is 7.94. The zero-order valence-corrected chi connectivity index (χ0v) is 14.8. The van der Waals surface area contributed by atoms with E-state index < -0.39 is 11.3 Å². The second-order valence-electron chi connectivity index (χ2n) is 6.54. The average Bonchev–Trinajstić information content (AvgIpc) is 2.58. The third-order valence-corrected chi connectivity index (χ3v) is 4.05. The first-order valence-electron chi connectivity index (χ1n) is 7.94. The molecule has 0 heterocycles. The van der Waals surface area contributed by atoms with Crippen LogP contribution in [-0.4, -0.2) is 11.8 Å². The average molecular weight is 335 g/mol. The molecule has 5 heteroatoms. The summed E-state index contributed by atoms with van der Waals surface area (Å²) in [7, 11) is 0. The molecule has 2 N–H and O–H groups in total. The summed E-state index contributed by atoms with van der Waals surface area (Å²) in [6.45, 7) is 7.00. The molecule has 25 heavy (non-hydrogen) atoms. The van der Waals surface area contributed by atoms with Gasteiger partial charge in [-0.15, -0.1) is 0 Å². The lowest BCUT2D eigenvalue weighted by atomic mass is 9.90. The number of nitriles is 1. The van der Waals surface area contributed by atoms with Crippen LogP contribution in [0.15, 0.2) is 42.5 Å². The summed E-state index contributed by atoms with van der Waals surface area (Å²) in [5, 5.41) is 14.4. The number of carbonyl (C=O) groups excluding carboxylic acids is 2. The van der Waals surface area contributed by atoms with Gasteiger partial charge in [0, 0.05) is 11.4 Å². The molecule has 2 amide bonds. The molecule has 0 aliphatic heterocycles. The third kappa shape index (κ3) is 4.24. The maximum Gasteiger partial charge on any atom is 0.239 e. The topological polar surface area (TPSA) is 82.0 Å². The zero-order chi connectivity index (χ0) is 18.6. The minimum absolute atomic E-state index is 0.382. The fourth-order valence-electron chi connectivity index (χ4n) is 2.17. The lowest BCUT2D eigenvalue weighted by Gasteiger charge is -2.23. The fraction of sp³-hybridized carbons (Fsp3) is 0.250. The van der Waals surface area contributed by atoms with Gasteiger partial charge in [0.1, 0.15) is 5.41 Å². The van der Waals surface area contributed by atoms with Crippen LogP contribution in [-0.2, 0) is 9.59 Å². The van der Waals surface area contributed by atoms with E-state index in [0.29, 0.717) is 16.9 Å².